The summed E-state index contributed by atoms with van der Waals surface area (Å²) in [7, 11) is 0. The van der Waals surface area contributed by atoms with Gasteiger partial charge in [-0.25, -0.2) is 4.98 Å². The largest absolute Gasteiger partial charge is 0.381 e. The lowest BCUT2D eigenvalue weighted by Crippen LogP contribution is -2.22. The zero-order chi connectivity index (χ0) is 11.2. The van der Waals surface area contributed by atoms with E-state index in [-0.39, 0.29) is 0 Å². The van der Waals surface area contributed by atoms with E-state index in [1.165, 1.54) is 0 Å². The fraction of sp³-hybridized carbons (Fsp3) is 0.500. The van der Waals surface area contributed by atoms with Crippen molar-refractivity contribution >= 4 is 5.82 Å². The van der Waals surface area contributed by atoms with Gasteiger partial charge in [0.1, 0.15) is 17.6 Å². The molecule has 1 aromatic rings. The van der Waals surface area contributed by atoms with Crippen molar-refractivity contribution in [2.45, 2.75) is 12.8 Å². The van der Waals surface area contributed by atoms with E-state index in [1.807, 2.05) is 18.2 Å². The topological polar surface area (TPSA) is 57.9 Å². The van der Waals surface area contributed by atoms with Crippen LogP contribution in [0.3, 0.4) is 0 Å². The van der Waals surface area contributed by atoms with Crippen molar-refractivity contribution in [2.24, 2.45) is 5.92 Å². The summed E-state index contributed by atoms with van der Waals surface area (Å²) in [4.78, 5) is 4.17. The molecule has 1 saturated heterocycles. The lowest BCUT2D eigenvalue weighted by Gasteiger charge is -2.22. The molecule has 1 fully saturated rings. The van der Waals surface area contributed by atoms with Crippen LogP contribution in [0.2, 0.25) is 0 Å². The highest BCUT2D eigenvalue weighted by Crippen LogP contribution is 2.15. The number of hydrogen-bond acceptors (Lipinski definition) is 4. The van der Waals surface area contributed by atoms with Gasteiger partial charge in [0.15, 0.2) is 0 Å². The second-order valence-corrected chi connectivity index (χ2v) is 3.96. The number of anilines is 1. The van der Waals surface area contributed by atoms with E-state index >= 15 is 0 Å². The Morgan fingerprint density at radius 3 is 3.00 bits per heavy atom. The Kier molecular flexibility index (Phi) is 3.73. The molecule has 1 aliphatic rings. The van der Waals surface area contributed by atoms with Crippen LogP contribution >= 0.6 is 0 Å². The van der Waals surface area contributed by atoms with Gasteiger partial charge in [-0.1, -0.05) is 6.07 Å². The van der Waals surface area contributed by atoms with Crippen molar-refractivity contribution in [3.05, 3.63) is 23.9 Å². The average Bonchev–Trinajstić information content (AvgIpc) is 2.38. The number of pyridine rings is 1. The van der Waals surface area contributed by atoms with E-state index in [1.54, 1.807) is 6.07 Å². The summed E-state index contributed by atoms with van der Waals surface area (Å²) in [6, 6.07) is 7.48. The van der Waals surface area contributed by atoms with Crippen molar-refractivity contribution in [1.82, 2.24) is 4.98 Å². The number of ether oxygens (including phenoxy) is 1. The molecular formula is C12H15N3O. The quantitative estimate of drug-likeness (QED) is 0.838. The Morgan fingerprint density at radius 1 is 1.44 bits per heavy atom. The zero-order valence-electron chi connectivity index (χ0n) is 9.15. The second kappa shape index (κ2) is 5.47. The Morgan fingerprint density at radius 2 is 2.25 bits per heavy atom. The van der Waals surface area contributed by atoms with Crippen molar-refractivity contribution in [3.8, 4) is 6.07 Å². The standard InChI is InChI=1S/C12H15N3O/c13-8-11-2-1-3-12(15-11)14-9-10-4-6-16-7-5-10/h1-3,10H,4-7,9H2,(H,14,15). The normalized spacial score (nSPS) is 16.7. The molecule has 0 saturated carbocycles. The van der Waals surface area contributed by atoms with E-state index in [2.05, 4.69) is 10.3 Å². The van der Waals surface area contributed by atoms with Crippen LogP contribution in [0, 0.1) is 17.2 Å². The van der Waals surface area contributed by atoms with Crippen molar-refractivity contribution in [3.63, 3.8) is 0 Å². The van der Waals surface area contributed by atoms with Gasteiger partial charge in [0, 0.05) is 19.8 Å². The van der Waals surface area contributed by atoms with Gasteiger partial charge in [0.05, 0.1) is 0 Å². The van der Waals surface area contributed by atoms with Gasteiger partial charge in [-0.15, -0.1) is 0 Å². The Labute approximate surface area is 95.3 Å². The average molecular weight is 217 g/mol. The van der Waals surface area contributed by atoms with Gasteiger partial charge in [-0.2, -0.15) is 5.26 Å². The Balaban J connectivity index is 1.86. The number of hydrogen-bond donors (Lipinski definition) is 1. The van der Waals surface area contributed by atoms with E-state index in [0.717, 1.165) is 38.4 Å². The van der Waals surface area contributed by atoms with Crippen LogP contribution in [0.1, 0.15) is 18.5 Å². The fourth-order valence-electron chi connectivity index (χ4n) is 1.79. The summed E-state index contributed by atoms with van der Waals surface area (Å²) < 4.78 is 5.30. The molecule has 0 radical (unpaired) electrons. The molecule has 2 rings (SSSR count). The van der Waals surface area contributed by atoms with Gasteiger partial charge in [-0.05, 0) is 30.9 Å². The van der Waals surface area contributed by atoms with Gasteiger partial charge < -0.3 is 10.1 Å². The van der Waals surface area contributed by atoms with E-state index in [0.29, 0.717) is 11.6 Å². The third kappa shape index (κ3) is 2.94. The molecule has 0 aromatic carbocycles. The smallest absolute Gasteiger partial charge is 0.142 e. The van der Waals surface area contributed by atoms with Crippen LogP contribution in [-0.4, -0.2) is 24.7 Å². The molecular weight excluding hydrogens is 202 g/mol. The number of nitrogens with one attached hydrogen (secondary N) is 1. The van der Waals surface area contributed by atoms with Crippen LogP contribution in [0.15, 0.2) is 18.2 Å². The molecule has 0 amide bonds. The first-order chi connectivity index (χ1) is 7.88. The van der Waals surface area contributed by atoms with E-state index in [4.69, 9.17) is 10.00 Å². The molecule has 0 bridgehead atoms. The third-order valence-electron chi connectivity index (χ3n) is 2.78. The highest BCUT2D eigenvalue weighted by Gasteiger charge is 2.13. The molecule has 0 unspecified atom stereocenters. The van der Waals surface area contributed by atoms with Crippen LogP contribution in [-0.2, 0) is 4.74 Å². The minimum Gasteiger partial charge on any atom is -0.381 e. The highest BCUT2D eigenvalue weighted by molar-refractivity contribution is 5.38. The Bertz CT molecular complexity index is 380. The van der Waals surface area contributed by atoms with Gasteiger partial charge in [0.2, 0.25) is 0 Å². The SMILES string of the molecule is N#Cc1cccc(NCC2CCOCC2)n1. The van der Waals surface area contributed by atoms with Crippen molar-refractivity contribution in [1.29, 1.82) is 5.26 Å². The fourth-order valence-corrected chi connectivity index (χ4v) is 1.79. The minimum atomic E-state index is 0.456. The summed E-state index contributed by atoms with van der Waals surface area (Å²) in [6.45, 7) is 2.63. The van der Waals surface area contributed by atoms with Crippen LogP contribution in [0.5, 0.6) is 0 Å². The zero-order valence-corrected chi connectivity index (χ0v) is 9.15. The summed E-state index contributed by atoms with van der Waals surface area (Å²) in [5.41, 5.74) is 0.456. The van der Waals surface area contributed by atoms with E-state index in [9.17, 15) is 0 Å². The van der Waals surface area contributed by atoms with Crippen molar-refractivity contribution < 1.29 is 4.74 Å². The number of rotatable bonds is 3. The molecule has 1 aliphatic heterocycles. The van der Waals surface area contributed by atoms with Gasteiger partial charge >= 0.3 is 0 Å². The highest BCUT2D eigenvalue weighted by atomic mass is 16.5. The predicted molar refractivity (Wildman–Crippen MR) is 61.0 cm³/mol. The maximum Gasteiger partial charge on any atom is 0.142 e. The molecule has 16 heavy (non-hydrogen) atoms. The van der Waals surface area contributed by atoms with Crippen LogP contribution in [0.4, 0.5) is 5.82 Å². The number of aromatic nitrogens is 1. The first-order valence-corrected chi connectivity index (χ1v) is 5.57. The molecule has 1 N–H and O–H groups in total. The first kappa shape index (κ1) is 10.9. The second-order valence-electron chi connectivity index (χ2n) is 3.96. The van der Waals surface area contributed by atoms with Gasteiger partial charge in [-0.3, -0.25) is 0 Å². The molecule has 0 spiro atoms. The third-order valence-corrected chi connectivity index (χ3v) is 2.78. The summed E-state index contributed by atoms with van der Waals surface area (Å²) >= 11 is 0. The van der Waals surface area contributed by atoms with Crippen LogP contribution < -0.4 is 5.32 Å². The van der Waals surface area contributed by atoms with Crippen molar-refractivity contribution in [2.75, 3.05) is 25.1 Å². The Hall–Kier alpha value is -1.60. The molecule has 0 atom stereocenters. The molecule has 84 valence electrons. The lowest BCUT2D eigenvalue weighted by atomic mass is 10.0. The maximum absolute atomic E-state index is 8.72. The molecule has 2 heterocycles. The molecule has 4 nitrogen and oxygen atoms in total. The molecule has 1 aromatic heterocycles. The minimum absolute atomic E-state index is 0.456. The maximum atomic E-state index is 8.72. The number of nitrogens with zero attached hydrogens (tertiary/aromatic N) is 2. The van der Waals surface area contributed by atoms with Crippen LogP contribution in [0.25, 0.3) is 0 Å². The lowest BCUT2D eigenvalue weighted by molar-refractivity contribution is 0.0699. The molecule has 4 heteroatoms. The predicted octanol–water partition coefficient (Wildman–Crippen LogP) is 1.79. The van der Waals surface area contributed by atoms with E-state index < -0.39 is 0 Å². The summed E-state index contributed by atoms with van der Waals surface area (Å²) in [5, 5.41) is 12.0. The molecule has 0 aliphatic carbocycles. The number of nitriles is 1. The van der Waals surface area contributed by atoms with Gasteiger partial charge in [0.25, 0.3) is 0 Å². The summed E-state index contributed by atoms with van der Waals surface area (Å²) in [6.07, 6.45) is 2.20. The first-order valence-electron chi connectivity index (χ1n) is 5.57. The monoisotopic (exact) mass is 217 g/mol. The summed E-state index contributed by atoms with van der Waals surface area (Å²) in [5.74, 6) is 1.44.